The number of aryl methyl sites for hydroxylation is 2. The molecule has 2 aromatic rings. The predicted octanol–water partition coefficient (Wildman–Crippen LogP) is 2.08. The largest absolute Gasteiger partial charge is 0.490 e. The SMILES string of the molecule is COCC(=O)N1CCC(Oc2ccc(C(=O)NCCc3nc(C)cc(C)n3)cc2)CC1. The highest BCUT2D eigenvalue weighted by molar-refractivity contribution is 5.94. The van der Waals surface area contributed by atoms with E-state index < -0.39 is 0 Å². The van der Waals surface area contributed by atoms with E-state index in [-0.39, 0.29) is 24.5 Å². The van der Waals surface area contributed by atoms with Crippen molar-refractivity contribution in [2.75, 3.05) is 33.4 Å². The minimum Gasteiger partial charge on any atom is -0.490 e. The molecule has 0 spiro atoms. The van der Waals surface area contributed by atoms with Gasteiger partial charge in [0.2, 0.25) is 5.91 Å². The molecule has 1 aliphatic heterocycles. The number of methoxy groups -OCH3 is 1. The summed E-state index contributed by atoms with van der Waals surface area (Å²) in [5, 5.41) is 2.91. The molecule has 1 N–H and O–H groups in total. The molecule has 0 radical (unpaired) electrons. The number of hydrogen-bond acceptors (Lipinski definition) is 6. The van der Waals surface area contributed by atoms with Crippen LogP contribution in [-0.2, 0) is 16.0 Å². The van der Waals surface area contributed by atoms with E-state index in [1.807, 2.05) is 32.0 Å². The molecule has 0 bridgehead atoms. The van der Waals surface area contributed by atoms with Crippen molar-refractivity contribution in [3.8, 4) is 5.75 Å². The van der Waals surface area contributed by atoms with E-state index in [1.54, 1.807) is 17.0 Å². The number of nitrogens with one attached hydrogen (secondary N) is 1. The van der Waals surface area contributed by atoms with E-state index in [9.17, 15) is 9.59 Å². The number of nitrogens with zero attached hydrogens (tertiary/aromatic N) is 3. The van der Waals surface area contributed by atoms with Gasteiger partial charge in [-0.25, -0.2) is 9.97 Å². The molecule has 31 heavy (non-hydrogen) atoms. The van der Waals surface area contributed by atoms with Gasteiger partial charge in [0.25, 0.3) is 5.91 Å². The van der Waals surface area contributed by atoms with Crippen LogP contribution in [0.2, 0.25) is 0 Å². The molecule has 8 heteroatoms. The van der Waals surface area contributed by atoms with Crippen molar-refractivity contribution >= 4 is 11.8 Å². The zero-order valence-electron chi connectivity index (χ0n) is 18.4. The Morgan fingerprint density at radius 3 is 2.35 bits per heavy atom. The van der Waals surface area contributed by atoms with Crippen molar-refractivity contribution in [2.24, 2.45) is 0 Å². The lowest BCUT2D eigenvalue weighted by atomic mass is 10.1. The maximum Gasteiger partial charge on any atom is 0.251 e. The van der Waals surface area contributed by atoms with Crippen LogP contribution in [0.3, 0.4) is 0 Å². The van der Waals surface area contributed by atoms with Gasteiger partial charge in [0.15, 0.2) is 0 Å². The third kappa shape index (κ3) is 6.75. The number of rotatable bonds is 8. The fourth-order valence-corrected chi connectivity index (χ4v) is 3.62. The molecule has 166 valence electrons. The van der Waals surface area contributed by atoms with Gasteiger partial charge in [0, 0.05) is 63.0 Å². The van der Waals surface area contributed by atoms with Crippen LogP contribution in [0.15, 0.2) is 30.3 Å². The summed E-state index contributed by atoms with van der Waals surface area (Å²) in [6, 6.07) is 9.06. The van der Waals surface area contributed by atoms with Crippen molar-refractivity contribution in [1.82, 2.24) is 20.2 Å². The number of amides is 2. The molecule has 1 saturated heterocycles. The molecule has 2 amide bonds. The molecule has 1 aliphatic rings. The summed E-state index contributed by atoms with van der Waals surface area (Å²) in [5.74, 6) is 1.33. The molecule has 0 unspecified atom stereocenters. The smallest absolute Gasteiger partial charge is 0.251 e. The van der Waals surface area contributed by atoms with Gasteiger partial charge in [-0.05, 0) is 44.2 Å². The lowest BCUT2D eigenvalue weighted by Gasteiger charge is -2.32. The third-order valence-electron chi connectivity index (χ3n) is 5.14. The van der Waals surface area contributed by atoms with Gasteiger partial charge in [0.1, 0.15) is 24.3 Å². The molecule has 0 saturated carbocycles. The van der Waals surface area contributed by atoms with Crippen LogP contribution >= 0.6 is 0 Å². The highest BCUT2D eigenvalue weighted by atomic mass is 16.5. The summed E-state index contributed by atoms with van der Waals surface area (Å²) in [6.45, 7) is 5.79. The van der Waals surface area contributed by atoms with E-state index >= 15 is 0 Å². The first-order valence-corrected chi connectivity index (χ1v) is 10.6. The quantitative estimate of drug-likeness (QED) is 0.695. The van der Waals surface area contributed by atoms with Crippen molar-refractivity contribution in [1.29, 1.82) is 0 Å². The minimum atomic E-state index is -0.138. The summed E-state index contributed by atoms with van der Waals surface area (Å²) in [4.78, 5) is 34.8. The average molecular weight is 427 g/mol. The second-order valence-corrected chi connectivity index (χ2v) is 7.73. The standard InChI is InChI=1S/C23H30N4O4/c1-16-14-17(2)26-21(25-16)8-11-24-23(29)18-4-6-19(7-5-18)31-20-9-12-27(13-10-20)22(28)15-30-3/h4-7,14,20H,8-13,15H2,1-3H3,(H,24,29). The van der Waals surface area contributed by atoms with Gasteiger partial charge in [-0.15, -0.1) is 0 Å². The first kappa shape index (κ1) is 22.7. The van der Waals surface area contributed by atoms with Crippen LogP contribution in [0.1, 0.15) is 40.4 Å². The van der Waals surface area contributed by atoms with Crippen LogP contribution in [-0.4, -0.2) is 66.1 Å². The Kier molecular flexibility index (Phi) is 7.94. The van der Waals surface area contributed by atoms with Crippen LogP contribution in [0, 0.1) is 13.8 Å². The molecular weight excluding hydrogens is 396 g/mol. The van der Waals surface area contributed by atoms with Crippen molar-refractivity contribution in [3.63, 3.8) is 0 Å². The Bertz CT molecular complexity index is 873. The van der Waals surface area contributed by atoms with Crippen LogP contribution < -0.4 is 10.1 Å². The van der Waals surface area contributed by atoms with Crippen molar-refractivity contribution in [3.05, 3.63) is 53.1 Å². The molecular formula is C23H30N4O4. The maximum absolute atomic E-state index is 12.4. The van der Waals surface area contributed by atoms with Gasteiger partial charge >= 0.3 is 0 Å². The van der Waals surface area contributed by atoms with Gasteiger partial charge in [0.05, 0.1) is 0 Å². The molecule has 0 atom stereocenters. The number of hydrogen-bond donors (Lipinski definition) is 1. The molecule has 1 aromatic heterocycles. The predicted molar refractivity (Wildman–Crippen MR) is 116 cm³/mol. The van der Waals surface area contributed by atoms with E-state index in [2.05, 4.69) is 15.3 Å². The first-order chi connectivity index (χ1) is 14.9. The summed E-state index contributed by atoms with van der Waals surface area (Å²) in [5.41, 5.74) is 2.43. The Hall–Kier alpha value is -3.00. The number of aromatic nitrogens is 2. The molecule has 3 rings (SSSR count). The van der Waals surface area contributed by atoms with E-state index in [4.69, 9.17) is 9.47 Å². The monoisotopic (exact) mass is 426 g/mol. The van der Waals surface area contributed by atoms with E-state index in [0.29, 0.717) is 31.6 Å². The Morgan fingerprint density at radius 1 is 1.10 bits per heavy atom. The number of benzene rings is 1. The van der Waals surface area contributed by atoms with Gasteiger partial charge in [-0.1, -0.05) is 0 Å². The highest BCUT2D eigenvalue weighted by Crippen LogP contribution is 2.20. The Balaban J connectivity index is 1.43. The number of likely N-dealkylation sites (tertiary alicyclic amines) is 1. The second kappa shape index (κ2) is 10.9. The van der Waals surface area contributed by atoms with E-state index in [0.717, 1.165) is 35.8 Å². The molecule has 2 heterocycles. The fourth-order valence-electron chi connectivity index (χ4n) is 3.62. The number of ether oxygens (including phenoxy) is 2. The summed E-state index contributed by atoms with van der Waals surface area (Å²) >= 11 is 0. The van der Waals surface area contributed by atoms with Crippen LogP contribution in [0.25, 0.3) is 0 Å². The molecule has 1 aromatic carbocycles. The van der Waals surface area contributed by atoms with E-state index in [1.165, 1.54) is 7.11 Å². The van der Waals surface area contributed by atoms with Crippen molar-refractivity contribution in [2.45, 2.75) is 39.2 Å². The van der Waals surface area contributed by atoms with Gasteiger partial charge in [-0.3, -0.25) is 9.59 Å². The third-order valence-corrected chi connectivity index (χ3v) is 5.14. The lowest BCUT2D eigenvalue weighted by molar-refractivity contribution is -0.136. The minimum absolute atomic E-state index is 0.0143. The first-order valence-electron chi connectivity index (χ1n) is 10.6. The number of carbonyl (C=O) groups excluding carboxylic acids is 2. The topological polar surface area (TPSA) is 93.6 Å². The fraction of sp³-hybridized carbons (Fsp3) is 0.478. The lowest BCUT2D eigenvalue weighted by Crippen LogP contribution is -2.43. The highest BCUT2D eigenvalue weighted by Gasteiger charge is 2.23. The molecule has 1 fully saturated rings. The van der Waals surface area contributed by atoms with Gasteiger partial charge in [-0.2, -0.15) is 0 Å². The summed E-state index contributed by atoms with van der Waals surface area (Å²) < 4.78 is 10.9. The summed E-state index contributed by atoms with van der Waals surface area (Å²) in [6.07, 6.45) is 2.20. The average Bonchev–Trinajstić information content (AvgIpc) is 2.74. The van der Waals surface area contributed by atoms with Crippen LogP contribution in [0.5, 0.6) is 5.75 Å². The zero-order valence-corrected chi connectivity index (χ0v) is 18.4. The molecule has 8 nitrogen and oxygen atoms in total. The van der Waals surface area contributed by atoms with Crippen molar-refractivity contribution < 1.29 is 19.1 Å². The Labute approximate surface area is 183 Å². The summed E-state index contributed by atoms with van der Waals surface area (Å²) in [7, 11) is 1.52. The second-order valence-electron chi connectivity index (χ2n) is 7.73. The van der Waals surface area contributed by atoms with Crippen LogP contribution in [0.4, 0.5) is 0 Å². The molecule has 0 aliphatic carbocycles. The normalized spacial score (nSPS) is 14.4. The Morgan fingerprint density at radius 2 is 1.74 bits per heavy atom. The van der Waals surface area contributed by atoms with Gasteiger partial charge < -0.3 is 19.7 Å². The number of piperidine rings is 1. The number of carbonyl (C=O) groups is 2. The zero-order chi connectivity index (χ0) is 22.2. The maximum atomic E-state index is 12.4.